The Balaban J connectivity index is 1.17. The summed E-state index contributed by atoms with van der Waals surface area (Å²) in [6, 6.07) is 1.85. The smallest absolute Gasteiger partial charge is 0.225 e. The van der Waals surface area contributed by atoms with Gasteiger partial charge in [-0.2, -0.15) is 0 Å². The normalized spacial score (nSPS) is 26.6. The van der Waals surface area contributed by atoms with E-state index in [9.17, 15) is 0 Å². The lowest BCUT2D eigenvalue weighted by molar-refractivity contribution is -0.117. The van der Waals surface area contributed by atoms with Gasteiger partial charge in [-0.25, -0.2) is 9.97 Å². The highest BCUT2D eigenvalue weighted by Gasteiger charge is 2.48. The number of hydrogen-bond acceptors (Lipinski definition) is 6. The van der Waals surface area contributed by atoms with E-state index in [0.717, 1.165) is 84.2 Å². The zero-order valence-corrected chi connectivity index (χ0v) is 14.9. The van der Waals surface area contributed by atoms with Crippen LogP contribution in [0.25, 0.3) is 0 Å². The molecule has 0 aromatic carbocycles. The van der Waals surface area contributed by atoms with Crippen LogP contribution in [0.4, 0.5) is 5.95 Å². The molecule has 138 valence electrons. The Kier molecular flexibility index (Phi) is 5.48. The van der Waals surface area contributed by atoms with Gasteiger partial charge in [0.15, 0.2) is 0 Å². The molecule has 1 atom stereocenters. The topological polar surface area (TPSA) is 56.7 Å². The molecule has 0 radical (unpaired) electrons. The molecule has 1 spiro atoms. The third kappa shape index (κ3) is 4.30. The first-order valence-electron chi connectivity index (χ1n) is 9.64. The second-order valence-electron chi connectivity index (χ2n) is 7.71. The molecule has 0 N–H and O–H groups in total. The van der Waals surface area contributed by atoms with Crippen LogP contribution in [0.15, 0.2) is 18.5 Å². The van der Waals surface area contributed by atoms with E-state index >= 15 is 0 Å². The molecule has 3 aliphatic heterocycles. The number of ether oxygens (including phenoxy) is 3. The first-order chi connectivity index (χ1) is 12.3. The highest BCUT2D eigenvalue weighted by atomic mass is 16.5. The number of anilines is 1. The van der Waals surface area contributed by atoms with Crippen LogP contribution in [0.3, 0.4) is 0 Å². The van der Waals surface area contributed by atoms with Crippen molar-refractivity contribution in [3.05, 3.63) is 18.5 Å². The molecule has 25 heavy (non-hydrogen) atoms. The second kappa shape index (κ2) is 7.98. The maximum Gasteiger partial charge on any atom is 0.225 e. The lowest BCUT2D eigenvalue weighted by atomic mass is 9.79. The van der Waals surface area contributed by atoms with Gasteiger partial charge in [0.25, 0.3) is 0 Å². The van der Waals surface area contributed by atoms with Crippen molar-refractivity contribution in [3.63, 3.8) is 0 Å². The average molecular weight is 347 g/mol. The number of rotatable bonds is 6. The first-order valence-corrected chi connectivity index (χ1v) is 9.64. The standard InChI is InChI=1S/C19H29N3O3/c1-6-20-18(21-7-1)22-14-19(15-22)12-16(5-11-25-19)2-10-24-13-17-3-8-23-9-4-17/h1,6-7,16-17H,2-5,8-15H2. The summed E-state index contributed by atoms with van der Waals surface area (Å²) in [5.41, 5.74) is 0.0167. The third-order valence-corrected chi connectivity index (χ3v) is 5.75. The van der Waals surface area contributed by atoms with E-state index in [1.807, 2.05) is 6.07 Å². The van der Waals surface area contributed by atoms with Gasteiger partial charge in [0.05, 0.1) is 13.1 Å². The quantitative estimate of drug-likeness (QED) is 0.736. The van der Waals surface area contributed by atoms with Gasteiger partial charge in [-0.05, 0) is 50.0 Å². The average Bonchev–Trinajstić information content (AvgIpc) is 2.65. The minimum absolute atomic E-state index is 0.0167. The number of aromatic nitrogens is 2. The van der Waals surface area contributed by atoms with Crippen LogP contribution in [-0.2, 0) is 14.2 Å². The van der Waals surface area contributed by atoms with Gasteiger partial charge in [0.2, 0.25) is 5.95 Å². The van der Waals surface area contributed by atoms with Crippen LogP contribution in [-0.4, -0.2) is 61.7 Å². The molecule has 6 nitrogen and oxygen atoms in total. The summed E-state index contributed by atoms with van der Waals surface area (Å²) in [5.74, 6) is 2.22. The summed E-state index contributed by atoms with van der Waals surface area (Å²) in [7, 11) is 0. The molecule has 1 aromatic rings. The largest absolute Gasteiger partial charge is 0.381 e. The molecule has 3 saturated heterocycles. The lowest BCUT2D eigenvalue weighted by Crippen LogP contribution is -2.65. The zero-order valence-electron chi connectivity index (χ0n) is 14.9. The maximum absolute atomic E-state index is 6.13. The highest BCUT2D eigenvalue weighted by molar-refractivity contribution is 5.37. The van der Waals surface area contributed by atoms with Crippen molar-refractivity contribution in [2.45, 2.75) is 37.7 Å². The van der Waals surface area contributed by atoms with Gasteiger partial charge >= 0.3 is 0 Å². The van der Waals surface area contributed by atoms with Crippen LogP contribution in [0.5, 0.6) is 0 Å². The van der Waals surface area contributed by atoms with Crippen molar-refractivity contribution in [2.24, 2.45) is 11.8 Å². The Morgan fingerprint density at radius 1 is 1.08 bits per heavy atom. The molecule has 1 unspecified atom stereocenters. The first kappa shape index (κ1) is 17.2. The summed E-state index contributed by atoms with van der Waals surface area (Å²) < 4.78 is 17.5. The SMILES string of the molecule is c1cnc(N2CC3(CC(CCOCC4CCOCC4)CCO3)C2)nc1. The minimum Gasteiger partial charge on any atom is -0.381 e. The van der Waals surface area contributed by atoms with Crippen LogP contribution in [0, 0.1) is 11.8 Å². The molecule has 0 aliphatic carbocycles. The van der Waals surface area contributed by atoms with Gasteiger partial charge in [0.1, 0.15) is 5.60 Å². The highest BCUT2D eigenvalue weighted by Crippen LogP contribution is 2.39. The Labute approximate surface area is 149 Å². The molecule has 3 fully saturated rings. The fourth-order valence-electron chi connectivity index (χ4n) is 4.25. The molecule has 0 bridgehead atoms. The Morgan fingerprint density at radius 2 is 1.84 bits per heavy atom. The Hall–Kier alpha value is -1.24. The Morgan fingerprint density at radius 3 is 2.64 bits per heavy atom. The van der Waals surface area contributed by atoms with Crippen molar-refractivity contribution in [1.82, 2.24) is 9.97 Å². The van der Waals surface area contributed by atoms with Gasteiger partial charge in [-0.15, -0.1) is 0 Å². The van der Waals surface area contributed by atoms with Crippen molar-refractivity contribution in [1.29, 1.82) is 0 Å². The molecular weight excluding hydrogens is 318 g/mol. The molecule has 1 aromatic heterocycles. The minimum atomic E-state index is 0.0167. The van der Waals surface area contributed by atoms with E-state index in [-0.39, 0.29) is 5.60 Å². The van der Waals surface area contributed by atoms with Crippen molar-refractivity contribution in [3.8, 4) is 0 Å². The van der Waals surface area contributed by atoms with E-state index in [2.05, 4.69) is 14.9 Å². The van der Waals surface area contributed by atoms with Crippen LogP contribution < -0.4 is 4.90 Å². The predicted octanol–water partition coefficient (Wildman–Crippen LogP) is 2.30. The van der Waals surface area contributed by atoms with E-state index in [0.29, 0.717) is 11.8 Å². The Bertz CT molecular complexity index is 530. The van der Waals surface area contributed by atoms with Crippen molar-refractivity contribution in [2.75, 3.05) is 51.0 Å². The van der Waals surface area contributed by atoms with E-state index < -0.39 is 0 Å². The van der Waals surface area contributed by atoms with E-state index in [4.69, 9.17) is 14.2 Å². The molecule has 0 saturated carbocycles. The van der Waals surface area contributed by atoms with Gasteiger partial charge in [-0.3, -0.25) is 0 Å². The van der Waals surface area contributed by atoms with E-state index in [1.54, 1.807) is 12.4 Å². The number of hydrogen-bond donors (Lipinski definition) is 0. The van der Waals surface area contributed by atoms with Gasteiger partial charge < -0.3 is 19.1 Å². The molecular formula is C19H29N3O3. The summed E-state index contributed by atoms with van der Waals surface area (Å²) in [6.45, 7) is 6.28. The van der Waals surface area contributed by atoms with Gasteiger partial charge in [0, 0.05) is 45.4 Å². The second-order valence-corrected chi connectivity index (χ2v) is 7.71. The summed E-state index contributed by atoms with van der Waals surface area (Å²) in [4.78, 5) is 10.9. The van der Waals surface area contributed by atoms with Crippen LogP contribution in [0.2, 0.25) is 0 Å². The van der Waals surface area contributed by atoms with Crippen molar-refractivity contribution >= 4 is 5.95 Å². The molecule has 6 heteroatoms. The molecule has 3 aliphatic rings. The third-order valence-electron chi connectivity index (χ3n) is 5.75. The van der Waals surface area contributed by atoms with E-state index in [1.165, 1.54) is 0 Å². The van der Waals surface area contributed by atoms with Crippen LogP contribution >= 0.6 is 0 Å². The predicted molar refractivity (Wildman–Crippen MR) is 94.6 cm³/mol. The molecule has 0 amide bonds. The maximum atomic E-state index is 6.13. The van der Waals surface area contributed by atoms with Crippen LogP contribution in [0.1, 0.15) is 32.1 Å². The monoisotopic (exact) mass is 347 g/mol. The van der Waals surface area contributed by atoms with Gasteiger partial charge in [-0.1, -0.05) is 0 Å². The summed E-state index contributed by atoms with van der Waals surface area (Å²) in [6.07, 6.45) is 9.34. The zero-order chi connectivity index (χ0) is 17.0. The fourth-order valence-corrected chi connectivity index (χ4v) is 4.25. The summed E-state index contributed by atoms with van der Waals surface area (Å²) >= 11 is 0. The summed E-state index contributed by atoms with van der Waals surface area (Å²) in [5, 5.41) is 0. The molecule has 4 rings (SSSR count). The fraction of sp³-hybridized carbons (Fsp3) is 0.789. The van der Waals surface area contributed by atoms with Crippen molar-refractivity contribution < 1.29 is 14.2 Å². The lowest BCUT2D eigenvalue weighted by Gasteiger charge is -2.53. The number of nitrogens with zero attached hydrogens (tertiary/aromatic N) is 3. The molecule has 4 heterocycles.